The number of nitrogens with zero attached hydrogens (tertiary/aromatic N) is 1. The molecule has 0 aliphatic heterocycles. The summed E-state index contributed by atoms with van der Waals surface area (Å²) in [5.74, 6) is 0.731. The van der Waals surface area contributed by atoms with Crippen LogP contribution in [0.25, 0.3) is 0 Å². The zero-order valence-corrected chi connectivity index (χ0v) is 16.0. The lowest BCUT2D eigenvalue weighted by molar-refractivity contribution is -0.120. The number of benzene rings is 3. The molecular weight excluding hydrogens is 346 g/mol. The maximum atomic E-state index is 13.0. The summed E-state index contributed by atoms with van der Waals surface area (Å²) in [6.07, 6.45) is 4.74. The van der Waals surface area contributed by atoms with Gasteiger partial charge < -0.3 is 9.64 Å². The van der Waals surface area contributed by atoms with E-state index >= 15 is 0 Å². The number of ether oxygens (including phenoxy) is 1. The number of anilines is 1. The molecule has 0 bridgehead atoms. The Morgan fingerprint density at radius 3 is 2.25 bits per heavy atom. The molecule has 1 amide bonds. The molecular formula is C25H25NO2. The fraction of sp³-hybridized carbons (Fsp3) is 0.240. The largest absolute Gasteiger partial charge is 0.484 e. The average molecular weight is 371 g/mol. The van der Waals surface area contributed by atoms with Crippen molar-refractivity contribution < 1.29 is 9.53 Å². The van der Waals surface area contributed by atoms with Gasteiger partial charge in [0.2, 0.25) is 0 Å². The first-order valence-electron chi connectivity index (χ1n) is 9.93. The minimum atomic E-state index is -0.0484. The molecule has 0 saturated heterocycles. The van der Waals surface area contributed by atoms with Crippen LogP contribution < -0.4 is 9.64 Å². The van der Waals surface area contributed by atoms with E-state index in [1.165, 1.54) is 24.0 Å². The Bertz CT molecular complexity index is 922. The number of fused-ring (bicyclic) bond motifs is 1. The zero-order valence-electron chi connectivity index (χ0n) is 16.0. The molecule has 3 aromatic carbocycles. The summed E-state index contributed by atoms with van der Waals surface area (Å²) >= 11 is 0. The second-order valence-electron chi connectivity index (χ2n) is 7.23. The molecule has 1 aliphatic carbocycles. The van der Waals surface area contributed by atoms with Gasteiger partial charge in [-0.15, -0.1) is 0 Å². The third-order valence-corrected chi connectivity index (χ3v) is 5.23. The van der Waals surface area contributed by atoms with Crippen molar-refractivity contribution in [2.24, 2.45) is 0 Å². The van der Waals surface area contributed by atoms with Gasteiger partial charge in [0.15, 0.2) is 6.61 Å². The lowest BCUT2D eigenvalue weighted by Crippen LogP contribution is -2.34. The maximum absolute atomic E-state index is 13.0. The fourth-order valence-corrected chi connectivity index (χ4v) is 3.72. The van der Waals surface area contributed by atoms with Crippen LogP contribution in [0.2, 0.25) is 0 Å². The van der Waals surface area contributed by atoms with Crippen molar-refractivity contribution in [1.82, 2.24) is 0 Å². The van der Waals surface area contributed by atoms with Crippen LogP contribution >= 0.6 is 0 Å². The van der Waals surface area contributed by atoms with Gasteiger partial charge in [-0.25, -0.2) is 0 Å². The molecule has 0 spiro atoms. The van der Waals surface area contributed by atoms with Gasteiger partial charge in [-0.2, -0.15) is 0 Å². The molecule has 0 heterocycles. The monoisotopic (exact) mass is 371 g/mol. The van der Waals surface area contributed by atoms with Crippen LogP contribution in [0.1, 0.15) is 29.5 Å². The van der Waals surface area contributed by atoms with Crippen LogP contribution in [0, 0.1) is 0 Å². The lowest BCUT2D eigenvalue weighted by atomic mass is 9.92. The Balaban J connectivity index is 1.48. The molecule has 0 aromatic heterocycles. The van der Waals surface area contributed by atoms with E-state index < -0.39 is 0 Å². The summed E-state index contributed by atoms with van der Waals surface area (Å²) in [5, 5.41) is 0. The first-order valence-corrected chi connectivity index (χ1v) is 9.93. The maximum Gasteiger partial charge on any atom is 0.265 e. The van der Waals surface area contributed by atoms with Gasteiger partial charge in [0, 0.05) is 5.69 Å². The molecule has 0 atom stereocenters. The number of carbonyl (C=O) groups excluding carboxylic acids is 1. The van der Waals surface area contributed by atoms with Crippen LogP contribution in [0.15, 0.2) is 78.9 Å². The van der Waals surface area contributed by atoms with Crippen molar-refractivity contribution in [2.75, 3.05) is 11.5 Å². The lowest BCUT2D eigenvalue weighted by Gasteiger charge is -2.23. The van der Waals surface area contributed by atoms with Gasteiger partial charge >= 0.3 is 0 Å². The molecule has 3 nitrogen and oxygen atoms in total. The number of carbonyl (C=O) groups is 1. The SMILES string of the molecule is O=C(COc1ccc2c(c1)CCCC2)N(Cc1ccccc1)c1ccccc1. The molecule has 1 aliphatic rings. The van der Waals surface area contributed by atoms with Crippen molar-refractivity contribution in [1.29, 1.82) is 0 Å². The van der Waals surface area contributed by atoms with Crippen LogP contribution in [-0.2, 0) is 24.2 Å². The molecule has 0 saturated carbocycles. The molecule has 0 unspecified atom stereocenters. The van der Waals surface area contributed by atoms with Crippen molar-refractivity contribution in [3.05, 3.63) is 95.6 Å². The summed E-state index contributed by atoms with van der Waals surface area (Å²) in [6, 6.07) is 26.0. The second kappa shape index (κ2) is 8.75. The molecule has 0 radical (unpaired) electrons. The van der Waals surface area contributed by atoms with E-state index in [4.69, 9.17) is 4.74 Å². The van der Waals surface area contributed by atoms with E-state index in [-0.39, 0.29) is 12.5 Å². The normalized spacial score (nSPS) is 12.9. The Morgan fingerprint density at radius 1 is 0.821 bits per heavy atom. The van der Waals surface area contributed by atoms with Gasteiger partial charge in [-0.3, -0.25) is 4.79 Å². The van der Waals surface area contributed by atoms with E-state index in [2.05, 4.69) is 12.1 Å². The summed E-state index contributed by atoms with van der Waals surface area (Å²) in [5.41, 5.74) is 4.75. The summed E-state index contributed by atoms with van der Waals surface area (Å²) in [7, 11) is 0. The molecule has 0 fully saturated rings. The Kier molecular flexibility index (Phi) is 5.72. The Labute approximate surface area is 166 Å². The van der Waals surface area contributed by atoms with Crippen LogP contribution in [0.4, 0.5) is 5.69 Å². The van der Waals surface area contributed by atoms with Gasteiger partial charge in [-0.05, 0) is 66.6 Å². The minimum absolute atomic E-state index is 0.0283. The summed E-state index contributed by atoms with van der Waals surface area (Å²) < 4.78 is 5.88. The number of hydrogen-bond acceptors (Lipinski definition) is 2. The number of amides is 1. The standard InChI is InChI=1S/C25H25NO2/c27-25(19-28-24-16-15-21-11-7-8-12-22(21)17-24)26(23-13-5-2-6-14-23)18-20-9-3-1-4-10-20/h1-6,9-10,13-17H,7-8,11-12,18-19H2. The van der Waals surface area contributed by atoms with Crippen LogP contribution in [0.5, 0.6) is 5.75 Å². The molecule has 142 valence electrons. The van der Waals surface area contributed by atoms with Crippen LogP contribution in [-0.4, -0.2) is 12.5 Å². The van der Waals surface area contributed by atoms with Gasteiger partial charge in [-0.1, -0.05) is 54.6 Å². The highest BCUT2D eigenvalue weighted by molar-refractivity contribution is 5.94. The third kappa shape index (κ3) is 4.42. The smallest absolute Gasteiger partial charge is 0.265 e. The number of para-hydroxylation sites is 1. The topological polar surface area (TPSA) is 29.5 Å². The van der Waals surface area contributed by atoms with E-state index in [1.54, 1.807) is 4.90 Å². The van der Waals surface area contributed by atoms with Gasteiger partial charge in [0.1, 0.15) is 5.75 Å². The second-order valence-corrected chi connectivity index (χ2v) is 7.23. The van der Waals surface area contributed by atoms with E-state index in [9.17, 15) is 4.79 Å². The fourth-order valence-electron chi connectivity index (χ4n) is 3.72. The third-order valence-electron chi connectivity index (χ3n) is 5.23. The predicted molar refractivity (Wildman–Crippen MR) is 113 cm³/mol. The van der Waals surface area contributed by atoms with Crippen molar-refractivity contribution >= 4 is 11.6 Å². The Hall–Kier alpha value is -3.07. The summed E-state index contributed by atoms with van der Waals surface area (Å²) in [4.78, 5) is 14.8. The van der Waals surface area contributed by atoms with E-state index in [1.807, 2.05) is 66.7 Å². The minimum Gasteiger partial charge on any atom is -0.484 e. The summed E-state index contributed by atoms with van der Waals surface area (Å²) in [6.45, 7) is 0.553. The van der Waals surface area contributed by atoms with Crippen LogP contribution in [0.3, 0.4) is 0 Å². The van der Waals surface area contributed by atoms with Gasteiger partial charge in [0.05, 0.1) is 6.54 Å². The molecule has 28 heavy (non-hydrogen) atoms. The molecule has 3 heteroatoms. The Morgan fingerprint density at radius 2 is 1.50 bits per heavy atom. The number of aryl methyl sites for hydroxylation is 2. The van der Waals surface area contributed by atoms with E-state index in [0.29, 0.717) is 6.54 Å². The molecule has 4 rings (SSSR count). The average Bonchev–Trinajstić information content (AvgIpc) is 2.77. The highest BCUT2D eigenvalue weighted by Gasteiger charge is 2.17. The number of hydrogen-bond donors (Lipinski definition) is 0. The van der Waals surface area contributed by atoms with Gasteiger partial charge in [0.25, 0.3) is 5.91 Å². The molecule has 3 aromatic rings. The highest BCUT2D eigenvalue weighted by atomic mass is 16.5. The predicted octanol–water partition coefficient (Wildman–Crippen LogP) is 5.18. The number of rotatable bonds is 6. The molecule has 0 N–H and O–H groups in total. The van der Waals surface area contributed by atoms with E-state index in [0.717, 1.165) is 29.8 Å². The van der Waals surface area contributed by atoms with Crippen molar-refractivity contribution in [3.8, 4) is 5.75 Å². The van der Waals surface area contributed by atoms with Crippen molar-refractivity contribution in [2.45, 2.75) is 32.2 Å². The first kappa shape index (κ1) is 18.3. The highest BCUT2D eigenvalue weighted by Crippen LogP contribution is 2.25. The zero-order chi connectivity index (χ0) is 19.2. The first-order chi connectivity index (χ1) is 13.8. The van der Waals surface area contributed by atoms with Crippen molar-refractivity contribution in [3.63, 3.8) is 0 Å². The quantitative estimate of drug-likeness (QED) is 0.598.